The molecule has 0 aliphatic carbocycles. The largest absolute Gasteiger partial charge is 0.489 e. The molecular weight excluding hydrogens is 417 g/mol. The van der Waals surface area contributed by atoms with E-state index in [-0.39, 0.29) is 30.1 Å². The Hall–Kier alpha value is -1.70. The lowest BCUT2D eigenvalue weighted by Gasteiger charge is -2.18. The first-order valence-electron chi connectivity index (χ1n) is 7.96. The molecular formula is C18H26IN3O2. The summed E-state index contributed by atoms with van der Waals surface area (Å²) < 4.78 is 11.3. The molecule has 0 fully saturated rings. The second-order valence-electron chi connectivity index (χ2n) is 5.35. The first-order valence-corrected chi connectivity index (χ1v) is 7.96. The van der Waals surface area contributed by atoms with Gasteiger partial charge in [-0.2, -0.15) is 0 Å². The van der Waals surface area contributed by atoms with Gasteiger partial charge in [0.1, 0.15) is 24.2 Å². The minimum atomic E-state index is 0. The molecule has 2 aromatic rings. The molecule has 132 valence electrons. The molecule has 1 heterocycles. The number of guanidine groups is 1. The molecule has 1 unspecified atom stereocenters. The number of furan rings is 1. The van der Waals surface area contributed by atoms with Crippen LogP contribution in [0, 0.1) is 6.92 Å². The van der Waals surface area contributed by atoms with Gasteiger partial charge in [-0.05, 0) is 44.5 Å². The van der Waals surface area contributed by atoms with Crippen molar-refractivity contribution >= 4 is 29.9 Å². The topological polar surface area (TPSA) is 58.8 Å². The van der Waals surface area contributed by atoms with Gasteiger partial charge in [-0.15, -0.1) is 24.0 Å². The Labute approximate surface area is 160 Å². The van der Waals surface area contributed by atoms with E-state index < -0.39 is 0 Å². The Bertz CT molecular complexity index is 614. The predicted molar refractivity (Wildman–Crippen MR) is 108 cm³/mol. The average molecular weight is 443 g/mol. The van der Waals surface area contributed by atoms with Crippen molar-refractivity contribution < 1.29 is 9.15 Å². The monoisotopic (exact) mass is 443 g/mol. The number of para-hydroxylation sites is 1. The van der Waals surface area contributed by atoms with Crippen molar-refractivity contribution in [3.05, 3.63) is 54.0 Å². The molecule has 0 aliphatic rings. The SMILES string of the molecule is CCNC(=NCc1ccco1)NCC(C)Oc1ccccc1C.I. The van der Waals surface area contributed by atoms with Crippen molar-refractivity contribution in [1.29, 1.82) is 0 Å². The molecule has 0 saturated carbocycles. The van der Waals surface area contributed by atoms with Gasteiger partial charge in [-0.1, -0.05) is 18.2 Å². The number of hydrogen-bond donors (Lipinski definition) is 2. The zero-order valence-corrected chi connectivity index (χ0v) is 16.7. The van der Waals surface area contributed by atoms with Crippen LogP contribution in [0.5, 0.6) is 5.75 Å². The van der Waals surface area contributed by atoms with E-state index in [0.29, 0.717) is 13.1 Å². The third kappa shape index (κ3) is 6.82. The van der Waals surface area contributed by atoms with Gasteiger partial charge >= 0.3 is 0 Å². The van der Waals surface area contributed by atoms with Crippen LogP contribution in [-0.2, 0) is 6.54 Å². The first-order chi connectivity index (χ1) is 11.2. The van der Waals surface area contributed by atoms with Gasteiger partial charge in [0.25, 0.3) is 0 Å². The minimum absolute atomic E-state index is 0. The number of halogens is 1. The molecule has 6 heteroatoms. The number of hydrogen-bond acceptors (Lipinski definition) is 3. The van der Waals surface area contributed by atoms with Crippen molar-refractivity contribution in [3.8, 4) is 5.75 Å². The lowest BCUT2D eigenvalue weighted by Crippen LogP contribution is -2.41. The molecule has 24 heavy (non-hydrogen) atoms. The van der Waals surface area contributed by atoms with Crippen LogP contribution >= 0.6 is 24.0 Å². The zero-order valence-electron chi connectivity index (χ0n) is 14.4. The van der Waals surface area contributed by atoms with Crippen molar-refractivity contribution in [2.75, 3.05) is 13.1 Å². The number of aryl methyl sites for hydroxylation is 1. The van der Waals surface area contributed by atoms with E-state index in [0.717, 1.165) is 29.6 Å². The minimum Gasteiger partial charge on any atom is -0.489 e. The molecule has 5 nitrogen and oxygen atoms in total. The van der Waals surface area contributed by atoms with E-state index in [9.17, 15) is 0 Å². The van der Waals surface area contributed by atoms with Crippen molar-refractivity contribution in [3.63, 3.8) is 0 Å². The Morgan fingerprint density at radius 1 is 1.21 bits per heavy atom. The highest BCUT2D eigenvalue weighted by atomic mass is 127. The molecule has 1 atom stereocenters. The average Bonchev–Trinajstić information content (AvgIpc) is 3.06. The zero-order chi connectivity index (χ0) is 16.5. The molecule has 1 aromatic heterocycles. The maximum Gasteiger partial charge on any atom is 0.191 e. The van der Waals surface area contributed by atoms with Crippen LogP contribution in [0.2, 0.25) is 0 Å². The predicted octanol–water partition coefficient (Wildman–Crippen LogP) is 3.73. The van der Waals surface area contributed by atoms with Gasteiger partial charge < -0.3 is 19.8 Å². The van der Waals surface area contributed by atoms with E-state index in [2.05, 4.69) is 15.6 Å². The summed E-state index contributed by atoms with van der Waals surface area (Å²) in [5.41, 5.74) is 1.14. The third-order valence-electron chi connectivity index (χ3n) is 3.30. The number of ether oxygens (including phenoxy) is 1. The molecule has 0 saturated heterocycles. The summed E-state index contributed by atoms with van der Waals surface area (Å²) in [6.07, 6.45) is 1.69. The van der Waals surface area contributed by atoms with Gasteiger partial charge in [0, 0.05) is 6.54 Å². The van der Waals surface area contributed by atoms with Crippen molar-refractivity contribution in [2.24, 2.45) is 4.99 Å². The van der Waals surface area contributed by atoms with Gasteiger partial charge in [0.2, 0.25) is 0 Å². The lowest BCUT2D eigenvalue weighted by atomic mass is 10.2. The van der Waals surface area contributed by atoms with Gasteiger partial charge in [-0.25, -0.2) is 4.99 Å². The summed E-state index contributed by atoms with van der Waals surface area (Å²) in [6.45, 7) is 8.10. The summed E-state index contributed by atoms with van der Waals surface area (Å²) in [5, 5.41) is 6.51. The van der Waals surface area contributed by atoms with Crippen LogP contribution in [-0.4, -0.2) is 25.2 Å². The van der Waals surface area contributed by atoms with E-state index in [1.54, 1.807) is 6.26 Å². The number of benzene rings is 1. The molecule has 1 aromatic carbocycles. The molecule has 0 bridgehead atoms. The van der Waals surface area contributed by atoms with E-state index >= 15 is 0 Å². The second-order valence-corrected chi connectivity index (χ2v) is 5.35. The smallest absolute Gasteiger partial charge is 0.191 e. The van der Waals surface area contributed by atoms with Crippen LogP contribution in [0.25, 0.3) is 0 Å². The Kier molecular flexibility index (Phi) is 9.29. The quantitative estimate of drug-likeness (QED) is 0.389. The molecule has 0 spiro atoms. The van der Waals surface area contributed by atoms with Crippen LogP contribution in [0.4, 0.5) is 0 Å². The van der Waals surface area contributed by atoms with Crippen LogP contribution in [0.1, 0.15) is 25.2 Å². The highest BCUT2D eigenvalue weighted by molar-refractivity contribution is 14.0. The molecule has 0 radical (unpaired) electrons. The number of aliphatic imine (C=N–C) groups is 1. The standard InChI is InChI=1S/C18H25N3O2.HI/c1-4-19-18(21-13-16-9-7-11-22-16)20-12-15(3)23-17-10-6-5-8-14(17)2;/h5-11,15H,4,12-13H2,1-3H3,(H2,19,20,21);1H. The maximum absolute atomic E-state index is 5.96. The summed E-state index contributed by atoms with van der Waals surface area (Å²) in [6, 6.07) is 11.8. The highest BCUT2D eigenvalue weighted by Crippen LogP contribution is 2.17. The summed E-state index contributed by atoms with van der Waals surface area (Å²) >= 11 is 0. The van der Waals surface area contributed by atoms with E-state index in [4.69, 9.17) is 9.15 Å². The van der Waals surface area contributed by atoms with Crippen molar-refractivity contribution in [2.45, 2.75) is 33.4 Å². The maximum atomic E-state index is 5.96. The lowest BCUT2D eigenvalue weighted by molar-refractivity contribution is 0.222. The highest BCUT2D eigenvalue weighted by Gasteiger charge is 2.07. The summed E-state index contributed by atoms with van der Waals surface area (Å²) in [7, 11) is 0. The van der Waals surface area contributed by atoms with Crippen LogP contribution in [0.3, 0.4) is 0 Å². The van der Waals surface area contributed by atoms with Crippen molar-refractivity contribution in [1.82, 2.24) is 10.6 Å². The normalized spacial score (nSPS) is 12.2. The second kappa shape index (κ2) is 11.0. The number of nitrogens with one attached hydrogen (secondary N) is 2. The molecule has 0 aliphatic heterocycles. The fourth-order valence-corrected chi connectivity index (χ4v) is 2.09. The molecule has 2 rings (SSSR count). The Morgan fingerprint density at radius 2 is 2.00 bits per heavy atom. The number of rotatable bonds is 7. The fraction of sp³-hybridized carbons (Fsp3) is 0.389. The summed E-state index contributed by atoms with van der Waals surface area (Å²) in [5.74, 6) is 2.51. The van der Waals surface area contributed by atoms with E-state index in [1.165, 1.54) is 0 Å². The molecule has 2 N–H and O–H groups in total. The Balaban J connectivity index is 0.00000288. The van der Waals surface area contributed by atoms with Gasteiger partial charge in [-0.3, -0.25) is 0 Å². The Morgan fingerprint density at radius 3 is 2.67 bits per heavy atom. The van der Waals surface area contributed by atoms with Crippen LogP contribution in [0.15, 0.2) is 52.1 Å². The first kappa shape index (κ1) is 20.3. The fourth-order valence-electron chi connectivity index (χ4n) is 2.09. The van der Waals surface area contributed by atoms with Gasteiger partial charge in [0.05, 0.1) is 12.8 Å². The van der Waals surface area contributed by atoms with Crippen LogP contribution < -0.4 is 15.4 Å². The van der Waals surface area contributed by atoms with E-state index in [1.807, 2.05) is 57.2 Å². The van der Waals surface area contributed by atoms with Gasteiger partial charge in [0.15, 0.2) is 5.96 Å². The number of nitrogens with zero attached hydrogens (tertiary/aromatic N) is 1. The molecule has 0 amide bonds. The summed E-state index contributed by atoms with van der Waals surface area (Å²) in [4.78, 5) is 4.50. The third-order valence-corrected chi connectivity index (χ3v) is 3.30.